The molecule has 2 aromatic carbocycles. The van der Waals surface area contributed by atoms with Crippen molar-refractivity contribution in [3.8, 4) is 0 Å². The van der Waals surface area contributed by atoms with Crippen LogP contribution in [0.4, 0.5) is 0 Å². The number of carbonyl (C=O) groups excluding carboxylic acids is 3. The molecule has 0 saturated carbocycles. The zero-order valence-electron chi connectivity index (χ0n) is 22.6. The second-order valence-electron chi connectivity index (χ2n) is 11.2. The van der Waals surface area contributed by atoms with Crippen LogP contribution in [-0.2, 0) is 27.3 Å². The fraction of sp³-hybridized carbons (Fsp3) is 0.483. The molecule has 3 amide bonds. The molecule has 200 valence electrons. The summed E-state index contributed by atoms with van der Waals surface area (Å²) in [6.45, 7) is 11.5. The third-order valence-electron chi connectivity index (χ3n) is 6.72. The summed E-state index contributed by atoms with van der Waals surface area (Å²) in [6.07, 6.45) is -1.22. The van der Waals surface area contributed by atoms with Gasteiger partial charge in [0.25, 0.3) is 5.91 Å². The van der Waals surface area contributed by atoms with E-state index in [1.807, 2.05) is 75.4 Å². The first-order valence-corrected chi connectivity index (χ1v) is 13.6. The van der Waals surface area contributed by atoms with Crippen molar-refractivity contribution in [2.24, 2.45) is 5.41 Å². The van der Waals surface area contributed by atoms with E-state index in [2.05, 4.69) is 10.6 Å². The van der Waals surface area contributed by atoms with Gasteiger partial charge in [-0.1, -0.05) is 75.4 Å². The van der Waals surface area contributed by atoms with Gasteiger partial charge in [-0.15, -0.1) is 11.8 Å². The summed E-state index contributed by atoms with van der Waals surface area (Å²) < 4.78 is -0.547. The van der Waals surface area contributed by atoms with Gasteiger partial charge in [0.05, 0.1) is 11.9 Å². The van der Waals surface area contributed by atoms with Gasteiger partial charge in [-0.25, -0.2) is 0 Å². The molecule has 0 spiro atoms. The van der Waals surface area contributed by atoms with E-state index in [1.54, 1.807) is 20.8 Å². The minimum Gasteiger partial charge on any atom is -0.381 e. The highest BCUT2D eigenvalue weighted by atomic mass is 32.2. The Balaban J connectivity index is 1.80. The molecule has 3 atom stereocenters. The standard InChI is InChI=1S/C29H39N3O4S/c1-19-12-10-11-15-21(19)17-30-25(34)24-29(5,6)37-18-32(24)26(35)23(33)22(31-27(36)28(2,3)4)16-20-13-8-7-9-14-20/h7-15,22-24,33H,16-18H2,1-6H3,(H,30,34)(H,31,36)/t22?,23-,24?/m0/s1. The topological polar surface area (TPSA) is 98.7 Å². The minimum atomic E-state index is -1.51. The molecule has 3 rings (SSSR count). The van der Waals surface area contributed by atoms with E-state index in [9.17, 15) is 19.5 Å². The van der Waals surface area contributed by atoms with Crippen molar-refractivity contribution >= 4 is 29.5 Å². The van der Waals surface area contributed by atoms with Crippen molar-refractivity contribution in [1.82, 2.24) is 15.5 Å². The Kier molecular flexibility index (Phi) is 9.08. The van der Waals surface area contributed by atoms with Crippen molar-refractivity contribution in [2.75, 3.05) is 5.88 Å². The second-order valence-corrected chi connectivity index (χ2v) is 12.8. The molecule has 0 bridgehead atoms. The van der Waals surface area contributed by atoms with Crippen molar-refractivity contribution < 1.29 is 19.5 Å². The van der Waals surface area contributed by atoms with Gasteiger partial charge in [-0.05, 0) is 43.9 Å². The number of aliphatic hydroxyl groups excluding tert-OH is 1. The smallest absolute Gasteiger partial charge is 0.254 e. The number of carbonyl (C=O) groups is 3. The summed E-state index contributed by atoms with van der Waals surface area (Å²) in [5.74, 6) is -0.818. The molecular weight excluding hydrogens is 486 g/mol. The van der Waals surface area contributed by atoms with Crippen LogP contribution in [0.15, 0.2) is 54.6 Å². The van der Waals surface area contributed by atoms with Crippen molar-refractivity contribution in [3.05, 3.63) is 71.3 Å². The van der Waals surface area contributed by atoms with Gasteiger partial charge in [0.2, 0.25) is 11.8 Å². The number of benzene rings is 2. The molecule has 1 fully saturated rings. The van der Waals surface area contributed by atoms with Crippen LogP contribution >= 0.6 is 11.8 Å². The van der Waals surface area contributed by atoms with Crippen LogP contribution < -0.4 is 10.6 Å². The Hall–Kier alpha value is -2.84. The quantitative estimate of drug-likeness (QED) is 0.491. The number of nitrogens with one attached hydrogen (secondary N) is 2. The van der Waals surface area contributed by atoms with Crippen LogP contribution in [0.1, 0.15) is 51.3 Å². The molecule has 1 saturated heterocycles. The predicted octanol–water partition coefficient (Wildman–Crippen LogP) is 3.43. The summed E-state index contributed by atoms with van der Waals surface area (Å²) in [5.41, 5.74) is 2.27. The van der Waals surface area contributed by atoms with Gasteiger partial charge in [-0.3, -0.25) is 14.4 Å². The number of amides is 3. The molecule has 7 nitrogen and oxygen atoms in total. The first-order valence-electron chi connectivity index (χ1n) is 12.6. The second kappa shape index (κ2) is 11.7. The number of hydrogen-bond donors (Lipinski definition) is 3. The third kappa shape index (κ3) is 7.14. The lowest BCUT2D eigenvalue weighted by atomic mass is 9.93. The van der Waals surface area contributed by atoms with Crippen LogP contribution in [0, 0.1) is 12.3 Å². The average molecular weight is 526 g/mol. The maximum Gasteiger partial charge on any atom is 0.254 e. The first kappa shape index (κ1) is 28.7. The van der Waals surface area contributed by atoms with Gasteiger partial charge in [0.1, 0.15) is 6.04 Å². The van der Waals surface area contributed by atoms with E-state index in [-0.39, 0.29) is 24.1 Å². The number of nitrogens with zero attached hydrogens (tertiary/aromatic N) is 1. The molecule has 1 aliphatic rings. The van der Waals surface area contributed by atoms with Crippen molar-refractivity contribution in [2.45, 2.75) is 77.4 Å². The van der Waals surface area contributed by atoms with Crippen LogP contribution in [0.3, 0.4) is 0 Å². The molecule has 2 aromatic rings. The lowest BCUT2D eigenvalue weighted by Gasteiger charge is -2.34. The molecule has 2 unspecified atom stereocenters. The summed E-state index contributed by atoms with van der Waals surface area (Å²) in [4.78, 5) is 41.3. The summed E-state index contributed by atoms with van der Waals surface area (Å²) in [5, 5.41) is 17.1. The Bertz CT molecular complexity index is 1110. The van der Waals surface area contributed by atoms with Gasteiger partial charge < -0.3 is 20.6 Å². The van der Waals surface area contributed by atoms with Crippen LogP contribution in [0.5, 0.6) is 0 Å². The van der Waals surface area contributed by atoms with E-state index in [0.29, 0.717) is 6.54 Å². The number of rotatable bonds is 8. The zero-order chi connectivity index (χ0) is 27.4. The van der Waals surface area contributed by atoms with Gasteiger partial charge in [-0.2, -0.15) is 0 Å². The number of thioether (sulfide) groups is 1. The fourth-order valence-electron chi connectivity index (χ4n) is 4.34. The van der Waals surface area contributed by atoms with Gasteiger partial charge in [0, 0.05) is 16.7 Å². The molecule has 1 heterocycles. The third-order valence-corrected chi connectivity index (χ3v) is 8.10. The summed E-state index contributed by atoms with van der Waals surface area (Å²) in [7, 11) is 0. The van der Waals surface area contributed by atoms with Gasteiger partial charge in [0.15, 0.2) is 6.10 Å². The molecule has 37 heavy (non-hydrogen) atoms. The highest BCUT2D eigenvalue weighted by Crippen LogP contribution is 2.40. The van der Waals surface area contributed by atoms with Gasteiger partial charge >= 0.3 is 0 Å². The monoisotopic (exact) mass is 525 g/mol. The van der Waals surface area contributed by atoms with Crippen molar-refractivity contribution in [1.29, 1.82) is 0 Å². The maximum absolute atomic E-state index is 13.7. The van der Waals surface area contributed by atoms with E-state index in [4.69, 9.17) is 0 Å². The number of hydrogen-bond acceptors (Lipinski definition) is 5. The SMILES string of the molecule is Cc1ccccc1CNC(=O)C1N(C(=O)[C@@H](O)C(Cc2ccccc2)NC(=O)C(C)(C)C)CSC1(C)C. The maximum atomic E-state index is 13.7. The molecule has 0 radical (unpaired) electrons. The molecule has 8 heteroatoms. The van der Waals surface area contributed by atoms with Crippen LogP contribution in [0.25, 0.3) is 0 Å². The minimum absolute atomic E-state index is 0.260. The average Bonchev–Trinajstić information content (AvgIpc) is 3.16. The molecule has 0 aliphatic carbocycles. The Morgan fingerprint density at radius 1 is 1.08 bits per heavy atom. The lowest BCUT2D eigenvalue weighted by Crippen LogP contribution is -2.59. The molecule has 3 N–H and O–H groups in total. The fourth-order valence-corrected chi connectivity index (χ4v) is 5.48. The van der Waals surface area contributed by atoms with E-state index in [0.717, 1.165) is 16.7 Å². The van der Waals surface area contributed by atoms with E-state index >= 15 is 0 Å². The molecular formula is C29H39N3O4S. The van der Waals surface area contributed by atoms with Crippen LogP contribution in [-0.4, -0.2) is 56.5 Å². The predicted molar refractivity (Wildman–Crippen MR) is 148 cm³/mol. The first-order chi connectivity index (χ1) is 17.3. The van der Waals surface area contributed by atoms with Crippen LogP contribution in [0.2, 0.25) is 0 Å². The summed E-state index contributed by atoms with van der Waals surface area (Å²) >= 11 is 1.49. The normalized spacial score (nSPS) is 18.7. The lowest BCUT2D eigenvalue weighted by molar-refractivity contribution is -0.148. The molecule has 1 aliphatic heterocycles. The molecule has 0 aromatic heterocycles. The largest absolute Gasteiger partial charge is 0.381 e. The Morgan fingerprint density at radius 3 is 2.32 bits per heavy atom. The Labute approximate surface area is 224 Å². The highest BCUT2D eigenvalue weighted by Gasteiger charge is 2.49. The summed E-state index contributed by atoms with van der Waals surface area (Å²) in [6, 6.07) is 15.6. The zero-order valence-corrected chi connectivity index (χ0v) is 23.4. The number of aliphatic hydroxyl groups is 1. The Morgan fingerprint density at radius 2 is 1.70 bits per heavy atom. The highest BCUT2D eigenvalue weighted by molar-refractivity contribution is 8.00. The van der Waals surface area contributed by atoms with E-state index < -0.39 is 34.3 Å². The number of aryl methyl sites for hydroxylation is 1. The van der Waals surface area contributed by atoms with E-state index in [1.165, 1.54) is 16.7 Å². The van der Waals surface area contributed by atoms with Crippen molar-refractivity contribution in [3.63, 3.8) is 0 Å².